The van der Waals surface area contributed by atoms with Gasteiger partial charge in [-0.2, -0.15) is 0 Å². The summed E-state index contributed by atoms with van der Waals surface area (Å²) in [5.41, 5.74) is 2.73. The van der Waals surface area contributed by atoms with Crippen molar-refractivity contribution in [2.24, 2.45) is 0 Å². The maximum Gasteiger partial charge on any atom is 0.336 e. The lowest BCUT2D eigenvalue weighted by Crippen LogP contribution is -2.50. The van der Waals surface area contributed by atoms with Gasteiger partial charge in [0.1, 0.15) is 17.1 Å². The Hall–Kier alpha value is -4.27. The van der Waals surface area contributed by atoms with E-state index in [0.29, 0.717) is 27.8 Å². The number of carbonyl (C=O) groups excluding carboxylic acids is 2. The Balaban J connectivity index is 1.47. The van der Waals surface area contributed by atoms with Crippen molar-refractivity contribution in [2.45, 2.75) is 39.2 Å². The number of fused-ring (bicyclic) bond motifs is 2. The van der Waals surface area contributed by atoms with Crippen LogP contribution in [0.25, 0.3) is 21.9 Å². The predicted octanol–water partition coefficient (Wildman–Crippen LogP) is 2.10. The van der Waals surface area contributed by atoms with E-state index in [0.717, 1.165) is 29.3 Å². The summed E-state index contributed by atoms with van der Waals surface area (Å²) in [6.45, 7) is 3.31. The first-order chi connectivity index (χ1) is 16.8. The summed E-state index contributed by atoms with van der Waals surface area (Å²) in [4.78, 5) is 39.2. The van der Waals surface area contributed by atoms with Gasteiger partial charge in [-0.3, -0.25) is 4.79 Å². The van der Waals surface area contributed by atoms with Crippen molar-refractivity contribution < 1.29 is 29.0 Å². The van der Waals surface area contributed by atoms with E-state index in [2.05, 4.69) is 10.3 Å². The third-order valence-corrected chi connectivity index (χ3v) is 5.87. The Kier molecular flexibility index (Phi) is 6.77. The molecule has 1 atom stereocenters. The Labute approximate surface area is 200 Å². The average molecular weight is 477 g/mol. The van der Waals surface area contributed by atoms with Crippen molar-refractivity contribution in [3.8, 4) is 11.5 Å². The number of amides is 1. The van der Waals surface area contributed by atoms with E-state index in [1.807, 2.05) is 6.92 Å². The van der Waals surface area contributed by atoms with Crippen LogP contribution in [0.5, 0.6) is 11.5 Å². The number of phenolic OH excluding ortho intramolecular Hbond substituents is 1. The average Bonchev–Trinajstić information content (AvgIpc) is 3.20. The Bertz CT molecular complexity index is 1470. The molecule has 4 aromatic rings. The molecule has 9 nitrogen and oxygen atoms in total. The molecule has 0 saturated heterocycles. The lowest BCUT2D eigenvalue weighted by atomic mass is 10.0. The van der Waals surface area contributed by atoms with Gasteiger partial charge in [-0.05, 0) is 54.8 Å². The molecule has 182 valence electrons. The summed E-state index contributed by atoms with van der Waals surface area (Å²) in [6, 6.07) is 8.36. The van der Waals surface area contributed by atoms with Crippen LogP contribution in [0.15, 0.2) is 51.8 Å². The zero-order valence-corrected chi connectivity index (χ0v) is 19.3. The number of aromatic hydroxyl groups is 1. The number of aliphatic carboxylic acids is 1. The van der Waals surface area contributed by atoms with Crippen LogP contribution in [0.2, 0.25) is 0 Å². The standard InChI is InChI=1S/C26H26N2O7/c1-3-4-15-10-24(31)35-25-14(2)22(8-6-18(15)25)34-13-23(30)28-21(26(32)33)9-16-12-27-20-7-5-17(29)11-19(16)20/h5-8,10-12,21,27,29H,3-4,9,13H2,1-2H3,(H,28,30)(H,32,33)/p-1/t21-/m0/s1. The molecular weight excluding hydrogens is 452 g/mol. The first kappa shape index (κ1) is 23.9. The van der Waals surface area contributed by atoms with Crippen LogP contribution in [0.3, 0.4) is 0 Å². The van der Waals surface area contributed by atoms with Gasteiger partial charge in [-0.1, -0.05) is 13.3 Å². The topological polar surface area (TPSA) is 145 Å². The van der Waals surface area contributed by atoms with Gasteiger partial charge in [-0.15, -0.1) is 0 Å². The number of aryl methyl sites for hydroxylation is 2. The summed E-state index contributed by atoms with van der Waals surface area (Å²) >= 11 is 0. The van der Waals surface area contributed by atoms with Gasteiger partial charge in [0, 0.05) is 40.5 Å². The largest absolute Gasteiger partial charge is 0.548 e. The van der Waals surface area contributed by atoms with Crippen molar-refractivity contribution >= 4 is 33.7 Å². The summed E-state index contributed by atoms with van der Waals surface area (Å²) in [5.74, 6) is -1.70. The molecule has 4 rings (SSSR count). The number of rotatable bonds is 9. The number of nitrogens with one attached hydrogen (secondary N) is 2. The van der Waals surface area contributed by atoms with E-state index >= 15 is 0 Å². The minimum atomic E-state index is -1.44. The molecule has 0 saturated carbocycles. The van der Waals surface area contributed by atoms with Crippen molar-refractivity contribution in [2.75, 3.05) is 6.61 Å². The fourth-order valence-corrected chi connectivity index (χ4v) is 4.17. The molecule has 0 unspecified atom stereocenters. The van der Waals surface area contributed by atoms with Crippen LogP contribution in [-0.2, 0) is 22.4 Å². The zero-order chi connectivity index (χ0) is 25.1. The molecule has 2 aromatic carbocycles. The van der Waals surface area contributed by atoms with E-state index in [1.165, 1.54) is 18.2 Å². The van der Waals surface area contributed by atoms with E-state index in [1.54, 1.807) is 31.3 Å². The number of hydrogen-bond acceptors (Lipinski definition) is 7. The second kappa shape index (κ2) is 9.92. The lowest BCUT2D eigenvalue weighted by molar-refractivity contribution is -0.308. The summed E-state index contributed by atoms with van der Waals surface area (Å²) in [7, 11) is 0. The van der Waals surface area contributed by atoms with Crippen molar-refractivity contribution in [3.05, 3.63) is 69.7 Å². The predicted molar refractivity (Wildman–Crippen MR) is 127 cm³/mol. The maximum atomic E-state index is 12.5. The van der Waals surface area contributed by atoms with E-state index in [4.69, 9.17) is 9.15 Å². The second-order valence-electron chi connectivity index (χ2n) is 8.38. The smallest absolute Gasteiger partial charge is 0.336 e. The molecule has 35 heavy (non-hydrogen) atoms. The minimum Gasteiger partial charge on any atom is -0.548 e. The van der Waals surface area contributed by atoms with E-state index in [-0.39, 0.29) is 12.2 Å². The van der Waals surface area contributed by atoms with Gasteiger partial charge in [0.25, 0.3) is 5.91 Å². The third kappa shape index (κ3) is 5.13. The lowest BCUT2D eigenvalue weighted by Gasteiger charge is -2.20. The van der Waals surface area contributed by atoms with Crippen molar-refractivity contribution in [1.29, 1.82) is 0 Å². The van der Waals surface area contributed by atoms with Crippen LogP contribution in [-0.4, -0.2) is 34.6 Å². The van der Waals surface area contributed by atoms with E-state index in [9.17, 15) is 24.6 Å². The number of carboxylic acid groups (broad SMARTS) is 1. The number of benzene rings is 2. The Morgan fingerprint density at radius 2 is 1.97 bits per heavy atom. The Morgan fingerprint density at radius 1 is 1.17 bits per heavy atom. The van der Waals surface area contributed by atoms with Gasteiger partial charge in [-0.25, -0.2) is 4.79 Å². The summed E-state index contributed by atoms with van der Waals surface area (Å²) < 4.78 is 11.0. The molecule has 9 heteroatoms. The number of phenols is 1. The molecule has 0 bridgehead atoms. The highest BCUT2D eigenvalue weighted by Gasteiger charge is 2.18. The molecule has 0 aliphatic heterocycles. The van der Waals surface area contributed by atoms with Crippen LogP contribution < -0.4 is 20.8 Å². The molecule has 0 aliphatic carbocycles. The monoisotopic (exact) mass is 477 g/mol. The maximum absolute atomic E-state index is 12.5. The molecule has 0 spiro atoms. The molecular formula is C26H25N2O7-. The molecule has 0 fully saturated rings. The van der Waals surface area contributed by atoms with Crippen LogP contribution >= 0.6 is 0 Å². The summed E-state index contributed by atoms with van der Waals surface area (Å²) in [5, 5.41) is 25.3. The SMILES string of the molecule is CCCc1cc(=O)oc2c(C)c(OCC(=O)N[C@@H](Cc3c[nH]c4ccc(O)cc34)C(=O)[O-])ccc12. The number of aromatic nitrogens is 1. The normalized spacial score (nSPS) is 12.1. The molecule has 2 heterocycles. The van der Waals surface area contributed by atoms with Crippen LogP contribution in [0, 0.1) is 6.92 Å². The molecule has 2 aromatic heterocycles. The van der Waals surface area contributed by atoms with Gasteiger partial charge in [0.15, 0.2) is 6.61 Å². The van der Waals surface area contributed by atoms with Gasteiger partial charge in [0.2, 0.25) is 0 Å². The number of ether oxygens (including phenoxy) is 1. The fourth-order valence-electron chi connectivity index (χ4n) is 4.17. The van der Waals surface area contributed by atoms with Gasteiger partial charge >= 0.3 is 5.63 Å². The third-order valence-electron chi connectivity index (χ3n) is 5.87. The molecule has 3 N–H and O–H groups in total. The molecule has 1 amide bonds. The fraction of sp³-hybridized carbons (Fsp3) is 0.269. The number of H-pyrrole nitrogens is 1. The first-order valence-electron chi connectivity index (χ1n) is 11.2. The zero-order valence-electron chi connectivity index (χ0n) is 19.3. The Morgan fingerprint density at radius 3 is 2.71 bits per heavy atom. The van der Waals surface area contributed by atoms with Crippen LogP contribution in [0.4, 0.5) is 0 Å². The molecule has 0 radical (unpaired) electrons. The number of aromatic amines is 1. The highest BCUT2D eigenvalue weighted by molar-refractivity contribution is 5.88. The van der Waals surface area contributed by atoms with Gasteiger partial charge < -0.3 is 34.5 Å². The minimum absolute atomic E-state index is 0.0438. The van der Waals surface area contributed by atoms with Gasteiger partial charge in [0.05, 0.1) is 12.0 Å². The highest BCUT2D eigenvalue weighted by atomic mass is 16.5. The molecule has 0 aliphatic rings. The first-order valence-corrected chi connectivity index (χ1v) is 11.2. The van der Waals surface area contributed by atoms with Crippen molar-refractivity contribution in [3.63, 3.8) is 0 Å². The quantitative estimate of drug-likeness (QED) is 0.313. The second-order valence-corrected chi connectivity index (χ2v) is 8.38. The highest BCUT2D eigenvalue weighted by Crippen LogP contribution is 2.29. The number of hydrogen-bond donors (Lipinski definition) is 3. The van der Waals surface area contributed by atoms with E-state index < -0.39 is 30.2 Å². The number of carbonyl (C=O) groups is 2. The number of carboxylic acids is 1. The summed E-state index contributed by atoms with van der Waals surface area (Å²) in [6.07, 6.45) is 3.18. The van der Waals surface area contributed by atoms with Crippen LogP contribution in [0.1, 0.15) is 30.0 Å². The van der Waals surface area contributed by atoms with Crippen molar-refractivity contribution in [1.82, 2.24) is 10.3 Å².